The number of rotatable bonds is 6. The van der Waals surface area contributed by atoms with Crippen molar-refractivity contribution < 1.29 is 34.8 Å². The van der Waals surface area contributed by atoms with E-state index in [1.807, 2.05) is 6.07 Å². The Balaban J connectivity index is 1.41. The highest BCUT2D eigenvalue weighted by Gasteiger charge is 2.69. The van der Waals surface area contributed by atoms with Crippen LogP contribution in [0, 0.1) is 5.92 Å². The van der Waals surface area contributed by atoms with Crippen LogP contribution in [-0.4, -0.2) is 68.0 Å². The standard InChI is InChI=1S/C29H31BrN2O7/c1-14(26(35)31-19-7-6-17(30)12-18(19)27(36)37)23(34)25-29-9-10-32(13-15-3-4-15)21(28(29,2)38)11-16-5-8-20(33)24(39-25)22(16)29/h5-8,12,15,21,25,33-34,38H,3-4,9-11,13H2,1-2H3,(H,31,35)(H,36,37)/b23-14-/t21-,25+,28-,29+/m1/s1. The van der Waals surface area contributed by atoms with Crippen LogP contribution >= 0.6 is 15.9 Å². The van der Waals surface area contributed by atoms with Gasteiger partial charge in [0, 0.05) is 22.6 Å². The summed E-state index contributed by atoms with van der Waals surface area (Å²) in [5, 5.41) is 46.8. The van der Waals surface area contributed by atoms with Gasteiger partial charge in [0.25, 0.3) is 5.91 Å². The fourth-order valence-corrected chi connectivity index (χ4v) is 7.27. The van der Waals surface area contributed by atoms with Gasteiger partial charge in [0.05, 0.1) is 27.8 Å². The molecule has 206 valence electrons. The lowest BCUT2D eigenvalue weighted by atomic mass is 9.53. The number of hydrogen-bond acceptors (Lipinski definition) is 7. The van der Waals surface area contributed by atoms with Gasteiger partial charge in [-0.15, -0.1) is 0 Å². The average molecular weight is 599 g/mol. The minimum absolute atomic E-state index is 0.0687. The molecular formula is C29H31BrN2O7. The van der Waals surface area contributed by atoms with Crippen molar-refractivity contribution in [1.82, 2.24) is 4.90 Å². The van der Waals surface area contributed by atoms with Crippen LogP contribution in [0.15, 0.2) is 46.1 Å². The highest BCUT2D eigenvalue weighted by atomic mass is 79.9. The summed E-state index contributed by atoms with van der Waals surface area (Å²) in [7, 11) is 0. The summed E-state index contributed by atoms with van der Waals surface area (Å²) < 4.78 is 6.79. The molecule has 2 aliphatic carbocycles. The van der Waals surface area contributed by atoms with Gasteiger partial charge in [-0.3, -0.25) is 9.69 Å². The van der Waals surface area contributed by atoms with Gasteiger partial charge in [-0.1, -0.05) is 22.0 Å². The summed E-state index contributed by atoms with van der Waals surface area (Å²) in [6, 6.07) is 7.67. The second-order valence-corrected chi connectivity index (χ2v) is 12.3. The predicted octanol–water partition coefficient (Wildman–Crippen LogP) is 4.11. The number of halogens is 1. The van der Waals surface area contributed by atoms with E-state index in [0.717, 1.165) is 12.1 Å². The molecule has 10 heteroatoms. The van der Waals surface area contributed by atoms with E-state index in [-0.39, 0.29) is 40.1 Å². The van der Waals surface area contributed by atoms with E-state index in [9.17, 15) is 30.0 Å². The highest BCUT2D eigenvalue weighted by Crippen LogP contribution is 2.63. The minimum atomic E-state index is -1.33. The molecule has 2 aliphatic heterocycles. The number of amides is 1. The van der Waals surface area contributed by atoms with Gasteiger partial charge < -0.3 is 30.5 Å². The number of piperidine rings is 1. The van der Waals surface area contributed by atoms with E-state index >= 15 is 0 Å². The maximum Gasteiger partial charge on any atom is 0.337 e. The molecule has 4 aliphatic rings. The number of carboxylic acids is 1. The average Bonchev–Trinajstić information content (AvgIpc) is 3.63. The zero-order chi connectivity index (χ0) is 27.9. The summed E-state index contributed by atoms with van der Waals surface area (Å²) in [6.45, 7) is 4.81. The Labute approximate surface area is 234 Å². The molecule has 1 spiro atoms. The minimum Gasteiger partial charge on any atom is -0.508 e. The van der Waals surface area contributed by atoms with Gasteiger partial charge in [-0.25, -0.2) is 4.79 Å². The largest absolute Gasteiger partial charge is 0.508 e. The molecule has 6 rings (SSSR count). The first-order valence-electron chi connectivity index (χ1n) is 13.2. The molecular weight excluding hydrogens is 568 g/mol. The Morgan fingerprint density at radius 2 is 1.95 bits per heavy atom. The van der Waals surface area contributed by atoms with E-state index < -0.39 is 29.0 Å². The number of aromatic hydroxyl groups is 1. The maximum atomic E-state index is 13.3. The molecule has 2 aromatic carbocycles. The van der Waals surface area contributed by atoms with Crippen molar-refractivity contribution >= 4 is 33.5 Å². The number of ether oxygens (including phenoxy) is 1. The molecule has 2 bridgehead atoms. The van der Waals surface area contributed by atoms with Gasteiger partial charge in [0.15, 0.2) is 17.6 Å². The summed E-state index contributed by atoms with van der Waals surface area (Å²) in [4.78, 5) is 27.4. The van der Waals surface area contributed by atoms with Gasteiger partial charge in [0.1, 0.15) is 5.76 Å². The number of hydrogen-bond donors (Lipinski definition) is 5. The number of benzene rings is 2. The Bertz CT molecular complexity index is 1430. The van der Waals surface area contributed by atoms with Crippen molar-refractivity contribution in [3.05, 3.63) is 62.8 Å². The molecule has 2 heterocycles. The highest BCUT2D eigenvalue weighted by molar-refractivity contribution is 9.10. The fraction of sp³-hybridized carbons (Fsp3) is 0.448. The van der Waals surface area contributed by atoms with Crippen LogP contribution in [0.2, 0.25) is 0 Å². The summed E-state index contributed by atoms with van der Waals surface area (Å²) >= 11 is 3.24. The van der Waals surface area contributed by atoms with Crippen molar-refractivity contribution in [2.45, 2.75) is 62.7 Å². The number of fused-ring (bicyclic) bond motifs is 1. The Morgan fingerprint density at radius 1 is 1.21 bits per heavy atom. The molecule has 9 nitrogen and oxygen atoms in total. The molecule has 0 aromatic heterocycles. The van der Waals surface area contributed by atoms with Crippen LogP contribution in [0.3, 0.4) is 0 Å². The lowest BCUT2D eigenvalue weighted by Gasteiger charge is -2.59. The Hall–Kier alpha value is -3.08. The smallest absolute Gasteiger partial charge is 0.337 e. The lowest BCUT2D eigenvalue weighted by molar-refractivity contribution is -0.153. The Kier molecular flexibility index (Phi) is 6.02. The van der Waals surface area contributed by atoms with Crippen LogP contribution in [0.5, 0.6) is 11.5 Å². The van der Waals surface area contributed by atoms with Crippen LogP contribution < -0.4 is 10.1 Å². The third-order valence-electron chi connectivity index (χ3n) is 9.18. The van der Waals surface area contributed by atoms with Gasteiger partial charge in [-0.2, -0.15) is 0 Å². The topological polar surface area (TPSA) is 140 Å². The molecule has 39 heavy (non-hydrogen) atoms. The molecule has 5 N–H and O–H groups in total. The normalized spacial score (nSPS) is 29.7. The number of carbonyl (C=O) groups is 2. The number of aromatic carboxylic acids is 1. The zero-order valence-electron chi connectivity index (χ0n) is 21.7. The molecule has 2 fully saturated rings. The monoisotopic (exact) mass is 598 g/mol. The second kappa shape index (κ2) is 8.97. The van der Waals surface area contributed by atoms with Crippen molar-refractivity contribution in [3.63, 3.8) is 0 Å². The van der Waals surface area contributed by atoms with Gasteiger partial charge in [0.2, 0.25) is 0 Å². The number of phenolic OH excluding ortho intramolecular Hbond substituents is 1. The first kappa shape index (κ1) is 26.2. The summed E-state index contributed by atoms with van der Waals surface area (Å²) in [6.07, 6.45) is 2.32. The second-order valence-electron chi connectivity index (χ2n) is 11.4. The van der Waals surface area contributed by atoms with Crippen molar-refractivity contribution in [2.24, 2.45) is 5.92 Å². The predicted molar refractivity (Wildman–Crippen MR) is 146 cm³/mol. The van der Waals surface area contributed by atoms with E-state index in [1.54, 1.807) is 19.1 Å². The first-order chi connectivity index (χ1) is 18.5. The molecule has 4 atom stereocenters. The van der Waals surface area contributed by atoms with E-state index in [0.29, 0.717) is 35.3 Å². The quantitative estimate of drug-likeness (QED) is 0.247. The zero-order valence-corrected chi connectivity index (χ0v) is 23.3. The van der Waals surface area contributed by atoms with E-state index in [1.165, 1.54) is 31.9 Å². The number of anilines is 1. The van der Waals surface area contributed by atoms with Crippen molar-refractivity contribution in [2.75, 3.05) is 18.4 Å². The summed E-state index contributed by atoms with van der Waals surface area (Å²) in [5.41, 5.74) is -0.864. The molecule has 1 saturated heterocycles. The fourth-order valence-electron chi connectivity index (χ4n) is 6.90. The van der Waals surface area contributed by atoms with Gasteiger partial charge in [-0.05, 0) is 81.8 Å². The number of nitrogens with one attached hydrogen (secondary N) is 1. The number of aliphatic hydroxyl groups is 2. The number of aliphatic hydroxyl groups excluding tert-OH is 1. The molecule has 0 unspecified atom stereocenters. The first-order valence-corrected chi connectivity index (χ1v) is 14.0. The van der Waals surface area contributed by atoms with Crippen molar-refractivity contribution in [1.29, 1.82) is 0 Å². The maximum absolute atomic E-state index is 13.3. The van der Waals surface area contributed by atoms with E-state index in [4.69, 9.17) is 4.74 Å². The summed E-state index contributed by atoms with van der Waals surface area (Å²) in [5.74, 6) is -1.49. The third kappa shape index (κ3) is 3.87. The SMILES string of the molecule is C/C(C(=O)Nc1ccc(Br)cc1C(=O)O)=C(/O)[C@@H]1Oc2c(O)ccc3c2[C@@]12CCN(CC1CC1)[C@H](C3)[C@@]2(C)O. The van der Waals surface area contributed by atoms with Crippen LogP contribution in [-0.2, 0) is 16.6 Å². The number of carboxylic acid groups (broad SMARTS) is 1. The van der Waals surface area contributed by atoms with Crippen LogP contribution in [0.4, 0.5) is 5.69 Å². The van der Waals surface area contributed by atoms with Crippen LogP contribution in [0.25, 0.3) is 0 Å². The number of nitrogens with zero attached hydrogens (tertiary/aromatic N) is 1. The lowest BCUT2D eigenvalue weighted by Crippen LogP contribution is -2.73. The molecule has 2 aromatic rings. The molecule has 0 radical (unpaired) electrons. The number of carbonyl (C=O) groups excluding carboxylic acids is 1. The van der Waals surface area contributed by atoms with E-state index in [2.05, 4.69) is 26.1 Å². The third-order valence-corrected chi connectivity index (χ3v) is 9.67. The molecule has 1 saturated carbocycles. The van der Waals surface area contributed by atoms with Crippen molar-refractivity contribution in [3.8, 4) is 11.5 Å². The van der Waals surface area contributed by atoms with Gasteiger partial charge >= 0.3 is 5.97 Å². The Morgan fingerprint density at radius 3 is 2.64 bits per heavy atom. The number of likely N-dealkylation sites (tertiary alicyclic amines) is 1. The number of phenols is 1. The molecule has 1 amide bonds. The van der Waals surface area contributed by atoms with Crippen LogP contribution in [0.1, 0.15) is 54.6 Å².